The van der Waals surface area contributed by atoms with Crippen LogP contribution in [0.5, 0.6) is 5.75 Å². The van der Waals surface area contributed by atoms with Crippen LogP contribution in [0.15, 0.2) is 24.3 Å². The Morgan fingerprint density at radius 1 is 1.27 bits per heavy atom. The van der Waals surface area contributed by atoms with E-state index in [0.29, 0.717) is 25.5 Å². The molecule has 8 nitrogen and oxygen atoms in total. The molecule has 1 saturated heterocycles. The quantitative estimate of drug-likeness (QED) is 0.751. The molecule has 2 atom stereocenters. The number of amides is 1. The molecular weight excluding hydrogens is 382 g/mol. The molecule has 3 heterocycles. The summed E-state index contributed by atoms with van der Waals surface area (Å²) >= 11 is 0. The van der Waals surface area contributed by atoms with Crippen LogP contribution in [-0.2, 0) is 29.0 Å². The summed E-state index contributed by atoms with van der Waals surface area (Å²) in [7, 11) is 0. The topological polar surface area (TPSA) is 92.5 Å². The number of ether oxygens (including phenoxy) is 1. The van der Waals surface area contributed by atoms with Crippen molar-refractivity contribution in [1.29, 1.82) is 0 Å². The third-order valence-corrected chi connectivity index (χ3v) is 6.08. The van der Waals surface area contributed by atoms with Crippen molar-refractivity contribution in [1.82, 2.24) is 25.0 Å². The molecule has 1 aromatic carbocycles. The van der Waals surface area contributed by atoms with Crippen LogP contribution < -0.4 is 5.32 Å². The molecule has 162 valence electrons. The molecular formula is C22H31N5O3. The largest absolute Gasteiger partial charge is 0.508 e. The minimum absolute atomic E-state index is 0.0401. The zero-order valence-corrected chi connectivity index (χ0v) is 17.8. The number of hydrogen-bond acceptors (Lipinski definition) is 6. The zero-order valence-electron chi connectivity index (χ0n) is 17.8. The van der Waals surface area contributed by atoms with Crippen LogP contribution in [0, 0.1) is 11.8 Å². The van der Waals surface area contributed by atoms with Gasteiger partial charge < -0.3 is 19.7 Å². The zero-order chi connectivity index (χ0) is 21.1. The average Bonchev–Trinajstić information content (AvgIpc) is 3.36. The number of hydrogen-bond donors (Lipinski definition) is 2. The number of fused-ring (bicyclic) bond motifs is 1. The predicted octanol–water partition coefficient (Wildman–Crippen LogP) is 1.89. The van der Waals surface area contributed by atoms with E-state index in [1.165, 1.54) is 0 Å². The van der Waals surface area contributed by atoms with Crippen molar-refractivity contribution >= 4 is 5.91 Å². The number of carbonyl (C=O) groups is 1. The van der Waals surface area contributed by atoms with Crippen molar-refractivity contribution in [3.63, 3.8) is 0 Å². The number of para-hydroxylation sites is 1. The lowest BCUT2D eigenvalue weighted by molar-refractivity contribution is -0.126. The van der Waals surface area contributed by atoms with Gasteiger partial charge in [-0.25, -0.2) is 0 Å². The van der Waals surface area contributed by atoms with E-state index >= 15 is 0 Å². The van der Waals surface area contributed by atoms with Crippen LogP contribution in [0.4, 0.5) is 0 Å². The highest BCUT2D eigenvalue weighted by molar-refractivity contribution is 5.79. The van der Waals surface area contributed by atoms with Gasteiger partial charge in [-0.3, -0.25) is 9.69 Å². The first-order chi connectivity index (χ1) is 14.5. The summed E-state index contributed by atoms with van der Waals surface area (Å²) in [4.78, 5) is 15.0. The molecule has 2 aromatic rings. The molecule has 4 rings (SSSR count). The first-order valence-corrected chi connectivity index (χ1v) is 10.8. The number of phenols is 1. The van der Waals surface area contributed by atoms with E-state index in [2.05, 4.69) is 38.8 Å². The first kappa shape index (κ1) is 20.8. The molecule has 1 amide bonds. The molecule has 2 unspecified atom stereocenters. The van der Waals surface area contributed by atoms with Gasteiger partial charge in [0.2, 0.25) is 5.91 Å². The monoisotopic (exact) mass is 413 g/mol. The van der Waals surface area contributed by atoms with Gasteiger partial charge >= 0.3 is 0 Å². The first-order valence-electron chi connectivity index (χ1n) is 10.8. The van der Waals surface area contributed by atoms with E-state index in [9.17, 15) is 9.90 Å². The minimum Gasteiger partial charge on any atom is -0.508 e. The van der Waals surface area contributed by atoms with Crippen LogP contribution in [-0.4, -0.2) is 57.0 Å². The van der Waals surface area contributed by atoms with Crippen LogP contribution in [0.3, 0.4) is 0 Å². The average molecular weight is 414 g/mol. The maximum absolute atomic E-state index is 12.7. The lowest BCUT2D eigenvalue weighted by atomic mass is 10.0. The summed E-state index contributed by atoms with van der Waals surface area (Å²) in [6, 6.07) is 7.30. The van der Waals surface area contributed by atoms with Crippen molar-refractivity contribution in [2.45, 2.75) is 45.8 Å². The lowest BCUT2D eigenvalue weighted by Crippen LogP contribution is -2.38. The Morgan fingerprint density at radius 3 is 2.83 bits per heavy atom. The van der Waals surface area contributed by atoms with E-state index in [4.69, 9.17) is 4.74 Å². The smallest absolute Gasteiger partial charge is 0.226 e. The molecule has 0 bridgehead atoms. The highest BCUT2D eigenvalue weighted by Gasteiger charge is 2.31. The van der Waals surface area contributed by atoms with E-state index in [1.54, 1.807) is 6.07 Å². The van der Waals surface area contributed by atoms with Crippen molar-refractivity contribution in [2.24, 2.45) is 11.8 Å². The fraction of sp³-hybridized carbons (Fsp3) is 0.591. The third-order valence-electron chi connectivity index (χ3n) is 6.08. The number of nitrogens with one attached hydrogen (secondary N) is 1. The minimum atomic E-state index is -0.177. The Kier molecular flexibility index (Phi) is 6.34. The van der Waals surface area contributed by atoms with E-state index < -0.39 is 0 Å². The van der Waals surface area contributed by atoms with Gasteiger partial charge in [0, 0.05) is 44.8 Å². The van der Waals surface area contributed by atoms with E-state index in [-0.39, 0.29) is 23.8 Å². The van der Waals surface area contributed by atoms with Crippen LogP contribution in [0.2, 0.25) is 0 Å². The Labute approximate surface area is 177 Å². The third kappa shape index (κ3) is 4.49. The molecule has 0 aliphatic carbocycles. The molecule has 2 aliphatic rings. The van der Waals surface area contributed by atoms with Gasteiger partial charge in [0.25, 0.3) is 0 Å². The van der Waals surface area contributed by atoms with E-state index in [0.717, 1.165) is 49.7 Å². The summed E-state index contributed by atoms with van der Waals surface area (Å²) < 4.78 is 7.54. The Balaban J connectivity index is 1.47. The summed E-state index contributed by atoms with van der Waals surface area (Å²) in [5, 5.41) is 22.2. The number of benzene rings is 1. The van der Waals surface area contributed by atoms with Gasteiger partial charge in [-0.05, 0) is 18.4 Å². The SMILES string of the molecule is CC(C)C(NC(=O)C1CCOC1)c1nnc2n1CCN(Cc1ccccc1O)CC2. The van der Waals surface area contributed by atoms with E-state index in [1.807, 2.05) is 18.2 Å². The predicted molar refractivity (Wildman–Crippen MR) is 112 cm³/mol. The maximum atomic E-state index is 12.7. The summed E-state index contributed by atoms with van der Waals surface area (Å²) in [5.41, 5.74) is 0.932. The number of carbonyl (C=O) groups excluding carboxylic acids is 1. The van der Waals surface area contributed by atoms with Crippen LogP contribution >= 0.6 is 0 Å². The van der Waals surface area contributed by atoms with Crippen LogP contribution in [0.1, 0.15) is 43.5 Å². The van der Waals surface area contributed by atoms with Gasteiger partial charge in [0.05, 0.1) is 18.6 Å². The van der Waals surface area contributed by atoms with Gasteiger partial charge in [-0.2, -0.15) is 0 Å². The molecule has 0 radical (unpaired) electrons. The van der Waals surface area contributed by atoms with Crippen molar-refractivity contribution in [3.05, 3.63) is 41.5 Å². The highest BCUT2D eigenvalue weighted by Crippen LogP contribution is 2.25. The second-order valence-corrected chi connectivity index (χ2v) is 8.57. The van der Waals surface area contributed by atoms with Crippen LogP contribution in [0.25, 0.3) is 0 Å². The van der Waals surface area contributed by atoms with Gasteiger partial charge in [0.15, 0.2) is 5.82 Å². The summed E-state index contributed by atoms with van der Waals surface area (Å²) in [5.74, 6) is 2.28. The Morgan fingerprint density at radius 2 is 2.10 bits per heavy atom. The van der Waals surface area contributed by atoms with Gasteiger partial charge in [0.1, 0.15) is 11.6 Å². The number of aromatic hydroxyl groups is 1. The Bertz CT molecular complexity index is 875. The van der Waals surface area contributed by atoms with Crippen molar-refractivity contribution in [2.75, 3.05) is 26.3 Å². The number of nitrogens with zero attached hydrogens (tertiary/aromatic N) is 4. The fourth-order valence-corrected chi connectivity index (χ4v) is 4.20. The molecule has 8 heteroatoms. The Hall–Kier alpha value is -2.45. The maximum Gasteiger partial charge on any atom is 0.226 e. The fourth-order valence-electron chi connectivity index (χ4n) is 4.20. The van der Waals surface area contributed by atoms with Crippen molar-refractivity contribution < 1.29 is 14.6 Å². The molecule has 0 saturated carbocycles. The highest BCUT2D eigenvalue weighted by atomic mass is 16.5. The summed E-state index contributed by atoms with van der Waals surface area (Å²) in [6.45, 7) is 8.49. The molecule has 0 spiro atoms. The lowest BCUT2D eigenvalue weighted by Gasteiger charge is -2.24. The number of rotatable bonds is 6. The molecule has 2 N–H and O–H groups in total. The molecule has 30 heavy (non-hydrogen) atoms. The normalized spacial score (nSPS) is 20.7. The standard InChI is InChI=1S/C22H31N5O3/c1-15(2)20(23-22(29)17-8-12-30-14-17)21-25-24-19-7-9-26(10-11-27(19)21)13-16-5-3-4-6-18(16)28/h3-6,15,17,20,28H,7-14H2,1-2H3,(H,23,29). The number of phenolic OH excluding ortho intramolecular Hbond substituents is 1. The molecule has 1 fully saturated rings. The molecule has 1 aromatic heterocycles. The summed E-state index contributed by atoms with van der Waals surface area (Å²) in [6.07, 6.45) is 1.56. The number of aromatic nitrogens is 3. The second kappa shape index (κ2) is 9.14. The molecule has 2 aliphatic heterocycles. The van der Waals surface area contributed by atoms with Gasteiger partial charge in [-0.1, -0.05) is 32.0 Å². The second-order valence-electron chi connectivity index (χ2n) is 8.57. The van der Waals surface area contributed by atoms with Gasteiger partial charge in [-0.15, -0.1) is 10.2 Å². The van der Waals surface area contributed by atoms with Crippen molar-refractivity contribution in [3.8, 4) is 5.75 Å².